The number of nitrogens with zero attached hydrogens (tertiary/aromatic N) is 1. The van der Waals surface area contributed by atoms with Gasteiger partial charge in [-0.1, -0.05) is 0 Å². The molecule has 0 spiro atoms. The molecule has 0 saturated heterocycles. The average Bonchev–Trinajstić information content (AvgIpc) is 2.76. The molecule has 2 rings (SSSR count). The molecule has 0 fully saturated rings. The van der Waals surface area contributed by atoms with E-state index in [0.717, 1.165) is 23.6 Å². The van der Waals surface area contributed by atoms with Crippen LogP contribution < -0.4 is 15.2 Å². The third-order valence-corrected chi connectivity index (χ3v) is 3.07. The predicted octanol–water partition coefficient (Wildman–Crippen LogP) is 0.475. The Balaban J connectivity index is 2.05. The van der Waals surface area contributed by atoms with Gasteiger partial charge in [0, 0.05) is 19.6 Å². The van der Waals surface area contributed by atoms with Gasteiger partial charge in [-0.15, -0.1) is 0 Å². The topological polar surface area (TPSA) is 68.0 Å². The highest BCUT2D eigenvalue weighted by Gasteiger charge is 2.16. The summed E-state index contributed by atoms with van der Waals surface area (Å²) in [4.78, 5) is 2.04. The van der Waals surface area contributed by atoms with Crippen molar-refractivity contribution in [3.8, 4) is 11.5 Å². The summed E-state index contributed by atoms with van der Waals surface area (Å²) in [5.74, 6) is 1.60. The molecule has 5 nitrogen and oxygen atoms in total. The van der Waals surface area contributed by atoms with Gasteiger partial charge in [0.25, 0.3) is 0 Å². The molecule has 18 heavy (non-hydrogen) atoms. The van der Waals surface area contributed by atoms with Crippen LogP contribution in [0.15, 0.2) is 12.1 Å². The highest BCUT2D eigenvalue weighted by molar-refractivity contribution is 5.48. The Bertz CT molecular complexity index is 423. The van der Waals surface area contributed by atoms with Gasteiger partial charge >= 0.3 is 0 Å². The maximum absolute atomic E-state index is 9.52. The number of aryl methyl sites for hydroxylation is 1. The summed E-state index contributed by atoms with van der Waals surface area (Å²) < 4.78 is 10.7. The van der Waals surface area contributed by atoms with Gasteiger partial charge in [-0.05, 0) is 37.2 Å². The Morgan fingerprint density at radius 3 is 2.72 bits per heavy atom. The summed E-state index contributed by atoms with van der Waals surface area (Å²) in [5, 5.41) is 9.52. The fraction of sp³-hybridized carbons (Fsp3) is 0.538. The van der Waals surface area contributed by atoms with E-state index in [1.165, 1.54) is 5.56 Å². The van der Waals surface area contributed by atoms with Crippen molar-refractivity contribution < 1.29 is 14.6 Å². The lowest BCUT2D eigenvalue weighted by molar-refractivity contribution is 0.129. The van der Waals surface area contributed by atoms with Gasteiger partial charge in [-0.25, -0.2) is 0 Å². The van der Waals surface area contributed by atoms with Crippen molar-refractivity contribution in [1.82, 2.24) is 4.90 Å². The van der Waals surface area contributed by atoms with Gasteiger partial charge in [0.1, 0.15) is 0 Å². The molecular formula is C13H20N2O3. The molecule has 1 aromatic rings. The van der Waals surface area contributed by atoms with Crippen LogP contribution >= 0.6 is 0 Å². The van der Waals surface area contributed by atoms with Gasteiger partial charge in [0.15, 0.2) is 11.5 Å². The first kappa shape index (κ1) is 13.1. The highest BCUT2D eigenvalue weighted by atomic mass is 16.7. The van der Waals surface area contributed by atoms with E-state index in [9.17, 15) is 5.11 Å². The average molecular weight is 252 g/mol. The Hall–Kier alpha value is -1.30. The van der Waals surface area contributed by atoms with E-state index in [0.29, 0.717) is 13.3 Å². The summed E-state index contributed by atoms with van der Waals surface area (Å²) in [5.41, 5.74) is 7.74. The summed E-state index contributed by atoms with van der Waals surface area (Å²) in [6.45, 7) is 3.93. The second kappa shape index (κ2) is 5.56. The first-order valence-corrected chi connectivity index (χ1v) is 6.06. The SMILES string of the molecule is Cc1cc2c(cc1CN(C)CC(O)CN)OCO2. The van der Waals surface area contributed by atoms with E-state index in [2.05, 4.69) is 0 Å². The molecule has 0 aliphatic carbocycles. The van der Waals surface area contributed by atoms with Crippen molar-refractivity contribution in [1.29, 1.82) is 0 Å². The Morgan fingerprint density at radius 1 is 1.39 bits per heavy atom. The second-order valence-electron chi connectivity index (χ2n) is 4.72. The summed E-state index contributed by atoms with van der Waals surface area (Å²) in [6, 6.07) is 3.99. The van der Waals surface area contributed by atoms with Crippen LogP contribution in [0.3, 0.4) is 0 Å². The van der Waals surface area contributed by atoms with E-state index in [-0.39, 0.29) is 6.54 Å². The molecule has 0 aromatic heterocycles. The molecule has 1 aliphatic heterocycles. The number of hydrogen-bond donors (Lipinski definition) is 2. The molecule has 1 unspecified atom stereocenters. The Labute approximate surface area is 107 Å². The number of hydrogen-bond acceptors (Lipinski definition) is 5. The van der Waals surface area contributed by atoms with Crippen LogP contribution in [-0.4, -0.2) is 43.0 Å². The number of aliphatic hydroxyl groups excluding tert-OH is 1. The lowest BCUT2D eigenvalue weighted by Crippen LogP contribution is -2.33. The lowest BCUT2D eigenvalue weighted by atomic mass is 10.1. The largest absolute Gasteiger partial charge is 0.454 e. The lowest BCUT2D eigenvalue weighted by Gasteiger charge is -2.20. The van der Waals surface area contributed by atoms with Gasteiger partial charge in [-0.3, -0.25) is 4.90 Å². The van der Waals surface area contributed by atoms with E-state index in [1.54, 1.807) is 0 Å². The molecule has 1 heterocycles. The molecule has 5 heteroatoms. The Kier molecular flexibility index (Phi) is 4.06. The number of benzene rings is 1. The van der Waals surface area contributed by atoms with Crippen LogP contribution in [0.4, 0.5) is 0 Å². The van der Waals surface area contributed by atoms with E-state index >= 15 is 0 Å². The smallest absolute Gasteiger partial charge is 0.231 e. The molecule has 0 saturated carbocycles. The first-order valence-electron chi connectivity index (χ1n) is 6.06. The predicted molar refractivity (Wildman–Crippen MR) is 68.7 cm³/mol. The van der Waals surface area contributed by atoms with Gasteiger partial charge in [0.2, 0.25) is 6.79 Å². The minimum absolute atomic E-state index is 0.282. The molecule has 3 N–H and O–H groups in total. The summed E-state index contributed by atoms with van der Waals surface area (Å²) in [7, 11) is 1.96. The number of likely N-dealkylation sites (N-methyl/N-ethyl adjacent to an activating group) is 1. The van der Waals surface area contributed by atoms with E-state index in [1.807, 2.05) is 31.0 Å². The molecule has 0 amide bonds. The van der Waals surface area contributed by atoms with Gasteiger partial charge in [-0.2, -0.15) is 0 Å². The quantitative estimate of drug-likeness (QED) is 0.797. The first-order chi connectivity index (χ1) is 8.60. The molecule has 100 valence electrons. The number of rotatable bonds is 5. The van der Waals surface area contributed by atoms with Crippen LogP contribution in [0.2, 0.25) is 0 Å². The number of fused-ring (bicyclic) bond motifs is 1. The zero-order valence-electron chi connectivity index (χ0n) is 10.8. The highest BCUT2D eigenvalue weighted by Crippen LogP contribution is 2.34. The Morgan fingerprint density at radius 2 is 2.06 bits per heavy atom. The fourth-order valence-corrected chi connectivity index (χ4v) is 2.05. The minimum Gasteiger partial charge on any atom is -0.454 e. The molecule has 0 bridgehead atoms. The van der Waals surface area contributed by atoms with Crippen molar-refractivity contribution in [2.24, 2.45) is 5.73 Å². The van der Waals surface area contributed by atoms with Crippen molar-refractivity contribution in [2.75, 3.05) is 26.9 Å². The number of ether oxygens (including phenoxy) is 2. The fourth-order valence-electron chi connectivity index (χ4n) is 2.05. The van der Waals surface area contributed by atoms with Crippen molar-refractivity contribution >= 4 is 0 Å². The molecule has 1 atom stereocenters. The van der Waals surface area contributed by atoms with Gasteiger partial charge < -0.3 is 20.3 Å². The van der Waals surface area contributed by atoms with Crippen LogP contribution in [0, 0.1) is 6.92 Å². The third kappa shape index (κ3) is 2.93. The van der Waals surface area contributed by atoms with Crippen molar-refractivity contribution in [3.05, 3.63) is 23.3 Å². The monoisotopic (exact) mass is 252 g/mol. The maximum atomic E-state index is 9.52. The number of aliphatic hydroxyl groups is 1. The molecular weight excluding hydrogens is 232 g/mol. The van der Waals surface area contributed by atoms with Crippen LogP contribution in [0.1, 0.15) is 11.1 Å². The zero-order chi connectivity index (χ0) is 13.1. The van der Waals surface area contributed by atoms with Crippen LogP contribution in [0.25, 0.3) is 0 Å². The standard InChI is InChI=1S/C13H20N2O3/c1-9-3-12-13(18-8-17-12)4-10(9)6-15(2)7-11(16)5-14/h3-4,11,16H,5-8,14H2,1-2H3. The third-order valence-electron chi connectivity index (χ3n) is 3.07. The second-order valence-corrected chi connectivity index (χ2v) is 4.72. The molecule has 1 aliphatic rings. The maximum Gasteiger partial charge on any atom is 0.231 e. The van der Waals surface area contributed by atoms with Crippen LogP contribution in [0.5, 0.6) is 11.5 Å². The molecule has 0 radical (unpaired) electrons. The van der Waals surface area contributed by atoms with Crippen molar-refractivity contribution in [2.45, 2.75) is 19.6 Å². The van der Waals surface area contributed by atoms with Crippen LogP contribution in [-0.2, 0) is 6.54 Å². The molecule has 1 aromatic carbocycles. The summed E-state index contributed by atoms with van der Waals surface area (Å²) >= 11 is 0. The van der Waals surface area contributed by atoms with E-state index < -0.39 is 6.10 Å². The normalized spacial score (nSPS) is 15.2. The zero-order valence-corrected chi connectivity index (χ0v) is 10.8. The van der Waals surface area contributed by atoms with E-state index in [4.69, 9.17) is 15.2 Å². The van der Waals surface area contributed by atoms with Crippen molar-refractivity contribution in [3.63, 3.8) is 0 Å². The minimum atomic E-state index is -0.482. The summed E-state index contributed by atoms with van der Waals surface area (Å²) in [6.07, 6.45) is -0.482. The van der Waals surface area contributed by atoms with Gasteiger partial charge in [0.05, 0.1) is 6.10 Å². The number of nitrogens with two attached hydrogens (primary N) is 1.